The quantitative estimate of drug-likeness (QED) is 0.390. The molecule has 0 spiro atoms. The molecule has 0 saturated carbocycles. The van der Waals surface area contributed by atoms with Crippen LogP contribution in [0.2, 0.25) is 0 Å². The third-order valence-electron chi connectivity index (χ3n) is 1.33. The highest BCUT2D eigenvalue weighted by atomic mass is 127. The number of hydrogen-bond acceptors (Lipinski definition) is 0. The van der Waals surface area contributed by atoms with E-state index in [0.29, 0.717) is 12.1 Å². The molecule has 0 amide bonds. The summed E-state index contributed by atoms with van der Waals surface area (Å²) in [4.78, 5) is 0. The smallest absolute Gasteiger partial charge is 0.206 e. The Morgan fingerprint density at radius 2 is 1.46 bits per heavy atom. The van der Waals surface area contributed by atoms with Crippen LogP contribution < -0.4 is 0 Å². The summed E-state index contributed by atoms with van der Waals surface area (Å²) in [6.45, 7) is 0. The van der Waals surface area contributed by atoms with Crippen LogP contribution >= 0.6 is 22.6 Å². The van der Waals surface area contributed by atoms with Gasteiger partial charge in [-0.2, -0.15) is 13.2 Å². The molecule has 0 aromatic heterocycles. The number of benzene rings is 1. The lowest BCUT2D eigenvalue weighted by Gasteiger charge is -2.10. The van der Waals surface area contributed by atoms with E-state index in [2.05, 4.69) is 0 Å². The molecule has 6 heteroatoms. The van der Waals surface area contributed by atoms with Gasteiger partial charge in [0.15, 0.2) is 0 Å². The Hall–Kier alpha value is -0.400. The van der Waals surface area contributed by atoms with Gasteiger partial charge >= 0.3 is 6.18 Å². The van der Waals surface area contributed by atoms with Crippen LogP contribution in [0.15, 0.2) is 12.1 Å². The van der Waals surface area contributed by atoms with Crippen molar-refractivity contribution in [3.8, 4) is 0 Å². The molecule has 1 aromatic carbocycles. The fourth-order valence-electron chi connectivity index (χ4n) is 0.787. The second-order valence-electron chi connectivity index (χ2n) is 2.22. The van der Waals surface area contributed by atoms with Gasteiger partial charge in [0.05, 0.1) is 3.57 Å². The first-order valence-corrected chi connectivity index (χ1v) is 4.12. The van der Waals surface area contributed by atoms with Crippen molar-refractivity contribution in [3.05, 3.63) is 32.9 Å². The van der Waals surface area contributed by atoms with Crippen LogP contribution in [0, 0.1) is 15.2 Å². The maximum absolute atomic E-state index is 12.6. The summed E-state index contributed by atoms with van der Waals surface area (Å²) in [6, 6.07) is 1.12. The summed E-state index contributed by atoms with van der Waals surface area (Å²) in [5.74, 6) is -2.53. The zero-order chi connectivity index (χ0) is 10.2. The number of rotatable bonds is 0. The first-order chi connectivity index (χ1) is 5.84. The summed E-state index contributed by atoms with van der Waals surface area (Å²) in [6.07, 6.45) is -4.86. The predicted molar refractivity (Wildman–Crippen MR) is 44.1 cm³/mol. The minimum atomic E-state index is -4.86. The Balaban J connectivity index is 3.43. The lowest BCUT2D eigenvalue weighted by Crippen LogP contribution is -2.11. The number of halogens is 6. The van der Waals surface area contributed by atoms with Gasteiger partial charge in [0.2, 0.25) is 0 Å². The van der Waals surface area contributed by atoms with Crippen molar-refractivity contribution >= 4 is 22.6 Å². The Bertz CT molecular complexity index is 330. The van der Waals surface area contributed by atoms with Crippen LogP contribution in [0.4, 0.5) is 22.0 Å². The van der Waals surface area contributed by atoms with Gasteiger partial charge in [-0.1, -0.05) is 0 Å². The van der Waals surface area contributed by atoms with E-state index >= 15 is 0 Å². The Morgan fingerprint density at radius 1 is 1.00 bits per heavy atom. The van der Waals surface area contributed by atoms with Crippen LogP contribution in [-0.2, 0) is 6.18 Å². The molecule has 13 heavy (non-hydrogen) atoms. The number of alkyl halides is 3. The molecule has 0 N–H and O–H groups in total. The molecule has 0 radical (unpaired) electrons. The first-order valence-electron chi connectivity index (χ1n) is 3.04. The van der Waals surface area contributed by atoms with Gasteiger partial charge in [-0.15, -0.1) is 0 Å². The van der Waals surface area contributed by atoms with Gasteiger partial charge in [0, 0.05) is 0 Å². The van der Waals surface area contributed by atoms with Crippen molar-refractivity contribution in [3.63, 3.8) is 0 Å². The third-order valence-corrected chi connectivity index (χ3v) is 2.38. The molecule has 1 rings (SSSR count). The first kappa shape index (κ1) is 10.7. The van der Waals surface area contributed by atoms with E-state index in [9.17, 15) is 22.0 Å². The van der Waals surface area contributed by atoms with Gasteiger partial charge in [-0.25, -0.2) is 8.78 Å². The molecule has 0 heterocycles. The molecule has 72 valence electrons. The normalized spacial score (nSPS) is 11.8. The molecule has 0 nitrogen and oxygen atoms in total. The maximum Gasteiger partial charge on any atom is 0.420 e. The van der Waals surface area contributed by atoms with Crippen LogP contribution in [0.5, 0.6) is 0 Å². The van der Waals surface area contributed by atoms with Crippen molar-refractivity contribution in [1.29, 1.82) is 0 Å². The van der Waals surface area contributed by atoms with Crippen LogP contribution in [0.25, 0.3) is 0 Å². The van der Waals surface area contributed by atoms with E-state index < -0.39 is 26.9 Å². The highest BCUT2D eigenvalue weighted by molar-refractivity contribution is 14.1. The Morgan fingerprint density at radius 3 is 1.85 bits per heavy atom. The van der Waals surface area contributed by atoms with Gasteiger partial charge < -0.3 is 0 Å². The second-order valence-corrected chi connectivity index (χ2v) is 3.29. The molecule has 0 aliphatic carbocycles. The fourth-order valence-corrected chi connectivity index (χ4v) is 1.53. The molecule has 0 saturated heterocycles. The predicted octanol–water partition coefficient (Wildman–Crippen LogP) is 3.59. The second kappa shape index (κ2) is 3.39. The maximum atomic E-state index is 12.6. The van der Waals surface area contributed by atoms with E-state index in [1.165, 1.54) is 0 Å². The Kier molecular flexibility index (Phi) is 2.79. The lowest BCUT2D eigenvalue weighted by atomic mass is 10.2. The van der Waals surface area contributed by atoms with Gasteiger partial charge in [-0.05, 0) is 34.7 Å². The van der Waals surface area contributed by atoms with Crippen molar-refractivity contribution in [2.75, 3.05) is 0 Å². The van der Waals surface area contributed by atoms with Crippen molar-refractivity contribution in [1.82, 2.24) is 0 Å². The zero-order valence-electron chi connectivity index (χ0n) is 5.92. The number of hydrogen-bond donors (Lipinski definition) is 0. The van der Waals surface area contributed by atoms with Crippen LogP contribution in [0.3, 0.4) is 0 Å². The SMILES string of the molecule is Fc1ccc(F)c(C(F)(F)F)c1I. The summed E-state index contributed by atoms with van der Waals surface area (Å²) in [7, 11) is 0. The van der Waals surface area contributed by atoms with Crippen molar-refractivity contribution < 1.29 is 22.0 Å². The largest absolute Gasteiger partial charge is 0.420 e. The molecule has 1 aromatic rings. The molecule has 0 fully saturated rings. The van der Waals surface area contributed by atoms with E-state index in [0.717, 1.165) is 22.6 Å². The van der Waals surface area contributed by atoms with Crippen molar-refractivity contribution in [2.24, 2.45) is 0 Å². The minimum absolute atomic E-state index is 0.459. The van der Waals surface area contributed by atoms with Gasteiger partial charge in [-0.3, -0.25) is 0 Å². The molecular weight excluding hydrogens is 306 g/mol. The summed E-state index contributed by atoms with van der Waals surface area (Å²) in [5, 5.41) is 0. The fraction of sp³-hybridized carbons (Fsp3) is 0.143. The molecule has 0 atom stereocenters. The van der Waals surface area contributed by atoms with Crippen LogP contribution in [0.1, 0.15) is 5.56 Å². The zero-order valence-corrected chi connectivity index (χ0v) is 8.08. The molecule has 0 aliphatic heterocycles. The standard InChI is InChI=1S/C7H2F5I/c8-3-1-2-4(9)6(13)5(3)7(10,11)12/h1-2H. The molecule has 0 unspecified atom stereocenters. The van der Waals surface area contributed by atoms with Gasteiger partial charge in [0.25, 0.3) is 0 Å². The van der Waals surface area contributed by atoms with Crippen LogP contribution in [-0.4, -0.2) is 0 Å². The third kappa shape index (κ3) is 2.09. The van der Waals surface area contributed by atoms with E-state index in [4.69, 9.17) is 0 Å². The van der Waals surface area contributed by atoms with E-state index in [1.54, 1.807) is 0 Å². The van der Waals surface area contributed by atoms with E-state index in [1.807, 2.05) is 0 Å². The highest BCUT2D eigenvalue weighted by Crippen LogP contribution is 2.35. The summed E-state index contributed by atoms with van der Waals surface area (Å²) in [5.41, 5.74) is -1.55. The van der Waals surface area contributed by atoms with Gasteiger partial charge in [0.1, 0.15) is 17.2 Å². The average molecular weight is 308 g/mol. The van der Waals surface area contributed by atoms with Crippen molar-refractivity contribution in [2.45, 2.75) is 6.18 Å². The summed E-state index contributed by atoms with van der Waals surface area (Å²) < 4.78 is 60.7. The van der Waals surface area contributed by atoms with E-state index in [-0.39, 0.29) is 0 Å². The summed E-state index contributed by atoms with van der Waals surface area (Å²) >= 11 is 1.12. The minimum Gasteiger partial charge on any atom is -0.206 e. The molecule has 0 aliphatic rings. The lowest BCUT2D eigenvalue weighted by molar-refractivity contribution is -0.140. The monoisotopic (exact) mass is 308 g/mol. The average Bonchev–Trinajstić information content (AvgIpc) is 1.95. The Labute approximate surface area is 83.9 Å². The highest BCUT2D eigenvalue weighted by Gasteiger charge is 2.37. The molecule has 0 bridgehead atoms. The topological polar surface area (TPSA) is 0 Å². The molecular formula is C7H2F5I.